The second-order valence-electron chi connectivity index (χ2n) is 6.83. The van der Waals surface area contributed by atoms with Gasteiger partial charge in [-0.3, -0.25) is 0 Å². The molecule has 0 radical (unpaired) electrons. The fraction of sp³-hybridized carbons (Fsp3) is 0.0435. The van der Waals surface area contributed by atoms with E-state index in [0.717, 1.165) is 22.1 Å². The second-order valence-corrected chi connectivity index (χ2v) is 6.83. The third kappa shape index (κ3) is 3.33. The summed E-state index contributed by atoms with van der Waals surface area (Å²) in [5.41, 5.74) is 7.10. The molecule has 0 amide bonds. The van der Waals surface area contributed by atoms with Gasteiger partial charge in [0.15, 0.2) is 5.65 Å². The first kappa shape index (κ1) is 17.8. The summed E-state index contributed by atoms with van der Waals surface area (Å²) in [4.78, 5) is 4.66. The van der Waals surface area contributed by atoms with E-state index in [4.69, 9.17) is 0 Å². The maximum Gasteiger partial charge on any atom is 0.265 e. The van der Waals surface area contributed by atoms with E-state index in [2.05, 4.69) is 48.5 Å². The Morgan fingerprint density at radius 1 is 0.900 bits per heavy atom. The molecule has 30 heavy (non-hydrogen) atoms. The van der Waals surface area contributed by atoms with Crippen LogP contribution in [0, 0.1) is 0 Å². The van der Waals surface area contributed by atoms with Gasteiger partial charge < -0.3 is 9.67 Å². The van der Waals surface area contributed by atoms with Crippen LogP contribution < -0.4 is 5.43 Å². The lowest BCUT2D eigenvalue weighted by Crippen LogP contribution is -2.04. The van der Waals surface area contributed by atoms with Crippen molar-refractivity contribution in [3.63, 3.8) is 0 Å². The minimum atomic E-state index is 0.153. The van der Waals surface area contributed by atoms with Crippen molar-refractivity contribution in [1.82, 2.24) is 19.7 Å². The van der Waals surface area contributed by atoms with E-state index in [0.29, 0.717) is 12.1 Å². The molecular weight excluding hydrogens is 376 g/mol. The molecule has 2 heterocycles. The maximum absolute atomic E-state index is 9.84. The van der Waals surface area contributed by atoms with E-state index in [-0.39, 0.29) is 11.7 Å². The summed E-state index contributed by atoms with van der Waals surface area (Å²) in [6.45, 7) is 0.671. The molecule has 0 aliphatic rings. The van der Waals surface area contributed by atoms with Gasteiger partial charge in [0, 0.05) is 17.5 Å². The summed E-state index contributed by atoms with van der Waals surface area (Å²) < 4.78 is 2.13. The first-order chi connectivity index (χ1) is 14.8. The van der Waals surface area contributed by atoms with E-state index < -0.39 is 0 Å². The van der Waals surface area contributed by atoms with Crippen LogP contribution in [0.25, 0.3) is 22.1 Å². The van der Waals surface area contributed by atoms with Crippen LogP contribution in [0.3, 0.4) is 0 Å². The number of hydrogen-bond donors (Lipinski definition) is 2. The zero-order valence-corrected chi connectivity index (χ0v) is 16.0. The summed E-state index contributed by atoms with van der Waals surface area (Å²) in [6.07, 6.45) is 1.52. The largest absolute Gasteiger partial charge is 0.507 e. The number of phenolic OH excluding ortho intramolecular Hbond substituents is 1. The zero-order chi connectivity index (χ0) is 20.3. The lowest BCUT2D eigenvalue weighted by Gasteiger charge is -2.07. The minimum Gasteiger partial charge on any atom is -0.507 e. The minimum absolute atomic E-state index is 0.153. The van der Waals surface area contributed by atoms with Crippen LogP contribution in [0.4, 0.5) is 5.95 Å². The summed E-state index contributed by atoms with van der Waals surface area (Å²) in [6, 6.07) is 25.3. The molecule has 0 atom stereocenters. The van der Waals surface area contributed by atoms with Crippen molar-refractivity contribution >= 4 is 34.2 Å². The number of aromatic nitrogens is 4. The lowest BCUT2D eigenvalue weighted by molar-refractivity contribution is 0.474. The van der Waals surface area contributed by atoms with Crippen molar-refractivity contribution in [3.05, 3.63) is 90.0 Å². The van der Waals surface area contributed by atoms with Crippen molar-refractivity contribution in [2.45, 2.75) is 6.54 Å². The van der Waals surface area contributed by atoms with Crippen LogP contribution in [0.2, 0.25) is 0 Å². The average Bonchev–Trinajstić information content (AvgIpc) is 3.09. The molecule has 146 valence electrons. The summed E-state index contributed by atoms with van der Waals surface area (Å²) in [5, 5.41) is 23.6. The Hall–Kier alpha value is -4.26. The van der Waals surface area contributed by atoms with E-state index in [1.54, 1.807) is 18.2 Å². The fourth-order valence-electron chi connectivity index (χ4n) is 3.43. The van der Waals surface area contributed by atoms with E-state index >= 15 is 0 Å². The highest BCUT2D eigenvalue weighted by molar-refractivity contribution is 6.04. The van der Waals surface area contributed by atoms with Gasteiger partial charge >= 0.3 is 0 Å². The molecule has 7 heteroatoms. The van der Waals surface area contributed by atoms with Crippen LogP contribution in [0.15, 0.2) is 84.0 Å². The van der Waals surface area contributed by atoms with Crippen LogP contribution in [0.1, 0.15) is 11.1 Å². The van der Waals surface area contributed by atoms with Gasteiger partial charge in [-0.2, -0.15) is 10.1 Å². The van der Waals surface area contributed by atoms with Gasteiger partial charge in [0.2, 0.25) is 0 Å². The molecule has 3 aromatic carbocycles. The fourth-order valence-corrected chi connectivity index (χ4v) is 3.43. The first-order valence-electron chi connectivity index (χ1n) is 9.52. The van der Waals surface area contributed by atoms with Crippen LogP contribution in [0.5, 0.6) is 5.75 Å². The Morgan fingerprint density at radius 3 is 2.53 bits per heavy atom. The second kappa shape index (κ2) is 7.63. The van der Waals surface area contributed by atoms with Gasteiger partial charge in [-0.1, -0.05) is 60.7 Å². The van der Waals surface area contributed by atoms with Crippen molar-refractivity contribution in [3.8, 4) is 5.75 Å². The van der Waals surface area contributed by atoms with Crippen molar-refractivity contribution in [2.75, 3.05) is 5.43 Å². The number of nitrogens with one attached hydrogen (secondary N) is 1. The number of hydrazone groups is 1. The van der Waals surface area contributed by atoms with E-state index in [1.165, 1.54) is 11.8 Å². The normalized spacial score (nSPS) is 11.5. The number of hydrogen-bond acceptors (Lipinski definition) is 6. The van der Waals surface area contributed by atoms with Crippen LogP contribution in [-0.2, 0) is 6.54 Å². The van der Waals surface area contributed by atoms with E-state index in [1.807, 2.05) is 42.5 Å². The SMILES string of the molecule is Oc1ccccc1/C=N\Nc1nnc2c3ccccc3n(Cc3ccccc3)c2n1. The number of fused-ring (bicyclic) bond motifs is 3. The molecule has 0 spiro atoms. The number of anilines is 1. The molecular formula is C23H18N6O. The highest BCUT2D eigenvalue weighted by Crippen LogP contribution is 2.27. The summed E-state index contributed by atoms with van der Waals surface area (Å²) >= 11 is 0. The zero-order valence-electron chi connectivity index (χ0n) is 16.0. The predicted octanol–water partition coefficient (Wildman–Crippen LogP) is 4.18. The Kier molecular flexibility index (Phi) is 4.53. The third-order valence-corrected chi connectivity index (χ3v) is 4.86. The summed E-state index contributed by atoms with van der Waals surface area (Å²) in [5.74, 6) is 0.437. The van der Waals surface area contributed by atoms with E-state index in [9.17, 15) is 5.11 Å². The molecule has 2 N–H and O–H groups in total. The number of aromatic hydroxyl groups is 1. The highest BCUT2D eigenvalue weighted by Gasteiger charge is 2.14. The molecule has 0 fully saturated rings. The molecule has 0 aliphatic heterocycles. The Balaban J connectivity index is 1.53. The molecule has 5 rings (SSSR count). The van der Waals surface area contributed by atoms with Gasteiger partial charge in [0.25, 0.3) is 5.95 Å². The Labute approximate surface area is 172 Å². The van der Waals surface area contributed by atoms with Crippen molar-refractivity contribution in [1.29, 1.82) is 0 Å². The van der Waals surface area contributed by atoms with Crippen molar-refractivity contribution in [2.24, 2.45) is 5.10 Å². The van der Waals surface area contributed by atoms with Gasteiger partial charge in [-0.15, -0.1) is 10.2 Å². The smallest absolute Gasteiger partial charge is 0.265 e. The first-order valence-corrected chi connectivity index (χ1v) is 9.52. The Bertz CT molecular complexity index is 1360. The molecule has 0 saturated carbocycles. The van der Waals surface area contributed by atoms with Gasteiger partial charge in [-0.25, -0.2) is 5.43 Å². The highest BCUT2D eigenvalue weighted by atomic mass is 16.3. The average molecular weight is 394 g/mol. The molecule has 0 bridgehead atoms. The molecule has 5 aromatic rings. The van der Waals surface area contributed by atoms with Gasteiger partial charge in [-0.05, 0) is 23.8 Å². The third-order valence-electron chi connectivity index (χ3n) is 4.86. The van der Waals surface area contributed by atoms with Crippen LogP contribution in [-0.4, -0.2) is 31.1 Å². The number of para-hydroxylation sites is 2. The molecule has 0 unspecified atom stereocenters. The summed E-state index contributed by atoms with van der Waals surface area (Å²) in [7, 11) is 0. The Morgan fingerprint density at radius 2 is 1.67 bits per heavy atom. The molecule has 0 aliphatic carbocycles. The molecule has 0 saturated heterocycles. The standard InChI is InChI=1S/C23H18N6O/c30-20-13-7-4-10-17(20)14-24-27-23-25-22-21(26-28-23)18-11-5-6-12-19(18)29(22)15-16-8-2-1-3-9-16/h1-14,30H,15H2,(H,25,27,28)/b24-14-. The number of nitrogens with zero attached hydrogens (tertiary/aromatic N) is 5. The number of rotatable bonds is 5. The lowest BCUT2D eigenvalue weighted by atomic mass is 10.2. The topological polar surface area (TPSA) is 88.2 Å². The number of benzene rings is 3. The maximum atomic E-state index is 9.84. The number of phenols is 1. The van der Waals surface area contributed by atoms with Gasteiger partial charge in [0.1, 0.15) is 11.3 Å². The van der Waals surface area contributed by atoms with Gasteiger partial charge in [0.05, 0.1) is 11.7 Å². The predicted molar refractivity (Wildman–Crippen MR) is 118 cm³/mol. The quantitative estimate of drug-likeness (QED) is 0.345. The molecule has 2 aromatic heterocycles. The monoisotopic (exact) mass is 394 g/mol. The van der Waals surface area contributed by atoms with Crippen LogP contribution >= 0.6 is 0 Å². The molecule has 7 nitrogen and oxygen atoms in total. The van der Waals surface area contributed by atoms with Crippen molar-refractivity contribution < 1.29 is 5.11 Å².